The van der Waals surface area contributed by atoms with Gasteiger partial charge in [0, 0.05) is 11.2 Å². The molecule has 0 unspecified atom stereocenters. The number of halogens is 1. The lowest BCUT2D eigenvalue weighted by Crippen LogP contribution is -2.14. The Bertz CT molecular complexity index is 858. The summed E-state index contributed by atoms with van der Waals surface area (Å²) in [6.07, 6.45) is 1.50. The van der Waals surface area contributed by atoms with Gasteiger partial charge in [-0.1, -0.05) is 29.8 Å². The minimum atomic E-state index is -0.314. The second-order valence-corrected chi connectivity index (χ2v) is 5.54. The quantitative estimate of drug-likeness (QED) is 0.796. The number of rotatable bonds is 3. The Balaban J connectivity index is 1.92. The van der Waals surface area contributed by atoms with Crippen LogP contribution in [-0.2, 0) is 0 Å². The summed E-state index contributed by atoms with van der Waals surface area (Å²) >= 11 is 5.90. The molecule has 1 N–H and O–H groups in total. The van der Waals surface area contributed by atoms with E-state index in [1.54, 1.807) is 10.7 Å². The molecule has 0 radical (unpaired) electrons. The van der Waals surface area contributed by atoms with E-state index in [9.17, 15) is 4.79 Å². The molecule has 2 heterocycles. The summed E-state index contributed by atoms with van der Waals surface area (Å²) in [7, 11) is 0. The highest BCUT2D eigenvalue weighted by atomic mass is 35.5. The van der Waals surface area contributed by atoms with Gasteiger partial charge in [-0.15, -0.1) is 0 Å². The van der Waals surface area contributed by atoms with Crippen molar-refractivity contribution in [1.29, 1.82) is 0 Å². The summed E-state index contributed by atoms with van der Waals surface area (Å²) in [4.78, 5) is 16.4. The zero-order chi connectivity index (χ0) is 16.4. The third-order valence-corrected chi connectivity index (χ3v) is 3.72. The molecular weight excluding hydrogens is 312 g/mol. The number of carbonyl (C=O) groups excluding carboxylic acids is 1. The van der Waals surface area contributed by atoms with Crippen LogP contribution in [0.1, 0.15) is 21.9 Å². The first-order valence-corrected chi connectivity index (χ1v) is 7.48. The van der Waals surface area contributed by atoms with Crippen molar-refractivity contribution in [2.75, 3.05) is 5.32 Å². The third kappa shape index (κ3) is 3.10. The lowest BCUT2D eigenvalue weighted by atomic mass is 10.2. The molecule has 3 aromatic rings. The first-order valence-electron chi connectivity index (χ1n) is 7.11. The van der Waals surface area contributed by atoms with Crippen LogP contribution in [0.3, 0.4) is 0 Å². The van der Waals surface area contributed by atoms with Crippen LogP contribution in [0.25, 0.3) is 5.69 Å². The van der Waals surface area contributed by atoms with Crippen LogP contribution in [-0.4, -0.2) is 20.7 Å². The summed E-state index contributed by atoms with van der Waals surface area (Å²) < 4.78 is 1.80. The van der Waals surface area contributed by atoms with Gasteiger partial charge in [-0.25, -0.2) is 4.68 Å². The Morgan fingerprint density at radius 3 is 2.61 bits per heavy atom. The van der Waals surface area contributed by atoms with Crippen molar-refractivity contribution >= 4 is 23.2 Å². The van der Waals surface area contributed by atoms with Crippen molar-refractivity contribution in [3.63, 3.8) is 0 Å². The molecule has 116 valence electrons. The summed E-state index contributed by atoms with van der Waals surface area (Å²) in [5.74, 6) is -0.314. The van der Waals surface area contributed by atoms with Gasteiger partial charge in [-0.2, -0.15) is 5.10 Å². The maximum absolute atomic E-state index is 12.3. The van der Waals surface area contributed by atoms with E-state index in [1.807, 2.05) is 44.2 Å². The maximum Gasteiger partial charge on any atom is 0.274 e. The van der Waals surface area contributed by atoms with Gasteiger partial charge in [-0.3, -0.25) is 9.78 Å². The highest BCUT2D eigenvalue weighted by Crippen LogP contribution is 2.23. The van der Waals surface area contributed by atoms with Gasteiger partial charge in [0.1, 0.15) is 5.69 Å². The molecule has 0 aliphatic carbocycles. The fourth-order valence-electron chi connectivity index (χ4n) is 2.35. The molecule has 3 rings (SSSR count). The van der Waals surface area contributed by atoms with Crippen LogP contribution in [0.15, 0.2) is 48.7 Å². The number of benzene rings is 1. The van der Waals surface area contributed by atoms with Crippen molar-refractivity contribution in [2.45, 2.75) is 13.8 Å². The number of amides is 1. The van der Waals surface area contributed by atoms with E-state index < -0.39 is 0 Å². The summed E-state index contributed by atoms with van der Waals surface area (Å²) in [5, 5.41) is 7.84. The van der Waals surface area contributed by atoms with E-state index in [-0.39, 0.29) is 11.6 Å². The molecular formula is C17H15ClN4O. The molecule has 0 bridgehead atoms. The molecule has 0 aliphatic rings. The predicted molar refractivity (Wildman–Crippen MR) is 90.2 cm³/mol. The van der Waals surface area contributed by atoms with Gasteiger partial charge in [0.15, 0.2) is 0 Å². The highest BCUT2D eigenvalue weighted by molar-refractivity contribution is 6.30. The van der Waals surface area contributed by atoms with E-state index >= 15 is 0 Å². The second kappa shape index (κ2) is 6.22. The second-order valence-electron chi connectivity index (χ2n) is 5.11. The molecule has 5 nitrogen and oxygen atoms in total. The van der Waals surface area contributed by atoms with Crippen LogP contribution in [0.2, 0.25) is 5.02 Å². The predicted octanol–water partition coefficient (Wildman–Crippen LogP) is 3.79. The highest BCUT2D eigenvalue weighted by Gasteiger charge is 2.16. The molecule has 23 heavy (non-hydrogen) atoms. The Hall–Kier alpha value is -2.66. The first-order chi connectivity index (χ1) is 11.1. The normalized spacial score (nSPS) is 10.6. The number of nitrogens with zero attached hydrogens (tertiary/aromatic N) is 3. The van der Waals surface area contributed by atoms with Gasteiger partial charge in [0.25, 0.3) is 5.91 Å². The average molecular weight is 327 g/mol. The number of aromatic nitrogens is 3. The maximum atomic E-state index is 12.3. The molecule has 1 aromatic carbocycles. The summed E-state index contributed by atoms with van der Waals surface area (Å²) in [6, 6.07) is 12.9. The fourth-order valence-corrected chi connectivity index (χ4v) is 2.51. The SMILES string of the molecule is Cc1nn(-c2ccccc2)c(C)c1NC(=O)c1cc(Cl)ccn1. The smallest absolute Gasteiger partial charge is 0.274 e. The molecule has 0 atom stereocenters. The largest absolute Gasteiger partial charge is 0.317 e. The van der Waals surface area contributed by atoms with Crippen molar-refractivity contribution < 1.29 is 4.79 Å². The van der Waals surface area contributed by atoms with Gasteiger partial charge in [0.05, 0.1) is 22.8 Å². The van der Waals surface area contributed by atoms with Crippen molar-refractivity contribution in [3.8, 4) is 5.69 Å². The standard InChI is InChI=1S/C17H15ClN4O/c1-11-16(20-17(23)15-10-13(18)8-9-19-15)12(2)22(21-11)14-6-4-3-5-7-14/h3-10H,1-2H3,(H,20,23). The van der Waals surface area contributed by atoms with Gasteiger partial charge in [0.2, 0.25) is 0 Å². The minimum absolute atomic E-state index is 0.267. The molecule has 0 aliphatic heterocycles. The molecule has 6 heteroatoms. The number of pyridine rings is 1. The number of anilines is 1. The third-order valence-electron chi connectivity index (χ3n) is 3.49. The van der Waals surface area contributed by atoms with Crippen molar-refractivity contribution in [1.82, 2.24) is 14.8 Å². The lowest BCUT2D eigenvalue weighted by Gasteiger charge is -2.07. The number of nitrogens with one attached hydrogen (secondary N) is 1. The van der Waals surface area contributed by atoms with Crippen LogP contribution in [0.4, 0.5) is 5.69 Å². The molecule has 0 saturated heterocycles. The molecule has 2 aromatic heterocycles. The average Bonchev–Trinajstić information content (AvgIpc) is 2.84. The Morgan fingerprint density at radius 2 is 1.91 bits per heavy atom. The Labute approximate surface area is 138 Å². The Morgan fingerprint density at radius 1 is 1.17 bits per heavy atom. The molecule has 0 spiro atoms. The van der Waals surface area contributed by atoms with Gasteiger partial charge < -0.3 is 5.32 Å². The topological polar surface area (TPSA) is 59.8 Å². The van der Waals surface area contributed by atoms with Gasteiger partial charge in [-0.05, 0) is 38.1 Å². The van der Waals surface area contributed by atoms with E-state index in [0.717, 1.165) is 17.1 Å². The van der Waals surface area contributed by atoms with Gasteiger partial charge >= 0.3 is 0 Å². The summed E-state index contributed by atoms with van der Waals surface area (Å²) in [5.41, 5.74) is 3.48. The molecule has 1 amide bonds. The van der Waals surface area contributed by atoms with Crippen LogP contribution < -0.4 is 5.32 Å². The van der Waals surface area contributed by atoms with Crippen LogP contribution in [0, 0.1) is 13.8 Å². The zero-order valence-electron chi connectivity index (χ0n) is 12.7. The first kappa shape index (κ1) is 15.2. The van der Waals surface area contributed by atoms with Crippen LogP contribution >= 0.6 is 11.6 Å². The zero-order valence-corrected chi connectivity index (χ0v) is 13.5. The molecule has 0 saturated carbocycles. The lowest BCUT2D eigenvalue weighted by molar-refractivity contribution is 0.102. The summed E-state index contributed by atoms with van der Waals surface area (Å²) in [6.45, 7) is 3.77. The monoisotopic (exact) mass is 326 g/mol. The van der Waals surface area contributed by atoms with Crippen molar-refractivity contribution in [2.24, 2.45) is 0 Å². The molecule has 0 fully saturated rings. The number of aryl methyl sites for hydroxylation is 1. The van der Waals surface area contributed by atoms with E-state index in [2.05, 4.69) is 15.4 Å². The number of hydrogen-bond acceptors (Lipinski definition) is 3. The number of para-hydroxylation sites is 1. The van der Waals surface area contributed by atoms with E-state index in [0.29, 0.717) is 10.7 Å². The van der Waals surface area contributed by atoms with Crippen LogP contribution in [0.5, 0.6) is 0 Å². The van der Waals surface area contributed by atoms with E-state index in [1.165, 1.54) is 12.3 Å². The fraction of sp³-hybridized carbons (Fsp3) is 0.118. The minimum Gasteiger partial charge on any atom is -0.317 e. The number of carbonyl (C=O) groups is 1. The number of hydrogen-bond donors (Lipinski definition) is 1. The van der Waals surface area contributed by atoms with Crippen molar-refractivity contribution in [3.05, 3.63) is 70.8 Å². The van der Waals surface area contributed by atoms with E-state index in [4.69, 9.17) is 11.6 Å². The Kier molecular flexibility index (Phi) is 4.12.